The summed E-state index contributed by atoms with van der Waals surface area (Å²) in [6.07, 6.45) is 0.541. The second kappa shape index (κ2) is 8.40. The van der Waals surface area contributed by atoms with E-state index in [4.69, 9.17) is 0 Å². The number of benzene rings is 2. The highest BCUT2D eigenvalue weighted by molar-refractivity contribution is 6.03. The van der Waals surface area contributed by atoms with E-state index < -0.39 is 0 Å². The molecule has 138 valence electrons. The number of anilines is 2. The molecule has 1 heterocycles. The van der Waals surface area contributed by atoms with Crippen LogP contribution in [0.15, 0.2) is 54.6 Å². The van der Waals surface area contributed by atoms with Gasteiger partial charge >= 0.3 is 0 Å². The quantitative estimate of drug-likeness (QED) is 0.690. The summed E-state index contributed by atoms with van der Waals surface area (Å²) in [5.74, 6) is 0.496. The second-order valence-corrected chi connectivity index (χ2v) is 6.33. The number of aromatic nitrogens is 2. The van der Waals surface area contributed by atoms with Gasteiger partial charge in [-0.2, -0.15) is 0 Å². The molecule has 0 fully saturated rings. The molecule has 0 aliphatic rings. The first-order chi connectivity index (χ1) is 13.0. The van der Waals surface area contributed by atoms with Crippen LogP contribution in [0.2, 0.25) is 0 Å². The van der Waals surface area contributed by atoms with E-state index in [0.717, 1.165) is 11.1 Å². The van der Waals surface area contributed by atoms with Gasteiger partial charge in [0.15, 0.2) is 5.82 Å². The van der Waals surface area contributed by atoms with Crippen molar-refractivity contribution >= 4 is 17.5 Å². The molecule has 27 heavy (non-hydrogen) atoms. The number of carbonyl (C=O) groups is 1. The van der Waals surface area contributed by atoms with Crippen LogP contribution in [0, 0.1) is 19.7 Å². The fraction of sp³-hybridized carbons (Fsp3) is 0.190. The molecule has 0 radical (unpaired) electrons. The van der Waals surface area contributed by atoms with Gasteiger partial charge in [0.05, 0.1) is 0 Å². The molecule has 0 spiro atoms. The summed E-state index contributed by atoms with van der Waals surface area (Å²) >= 11 is 0. The molecule has 0 aliphatic carbocycles. The van der Waals surface area contributed by atoms with E-state index in [-0.39, 0.29) is 11.7 Å². The van der Waals surface area contributed by atoms with Crippen molar-refractivity contribution in [3.8, 4) is 0 Å². The molecule has 0 unspecified atom stereocenters. The average molecular weight is 364 g/mol. The smallest absolute Gasteiger partial charge is 0.256 e. The Morgan fingerprint density at radius 3 is 2.41 bits per heavy atom. The number of rotatable bonds is 6. The van der Waals surface area contributed by atoms with Crippen LogP contribution in [-0.4, -0.2) is 22.6 Å². The Labute approximate surface area is 157 Å². The highest BCUT2D eigenvalue weighted by Gasteiger charge is 2.08. The van der Waals surface area contributed by atoms with Crippen LogP contribution in [-0.2, 0) is 6.42 Å². The fourth-order valence-corrected chi connectivity index (χ4v) is 2.59. The lowest BCUT2D eigenvalue weighted by Gasteiger charge is -2.08. The molecule has 1 aromatic heterocycles. The predicted octanol–water partition coefficient (Wildman–Crippen LogP) is 4.14. The maximum atomic E-state index is 13.6. The standard InChI is InChI=1S/C21H21FN4O/c1-14-7-8-17(13-15(14)2)21(27)24-20-10-9-19(25-26-20)23-12-11-16-5-3-4-6-18(16)22/h3-10,13H,11-12H2,1-2H3,(H,23,25)(H,24,26,27). The largest absolute Gasteiger partial charge is 0.368 e. The molecule has 2 aromatic carbocycles. The summed E-state index contributed by atoms with van der Waals surface area (Å²) in [4.78, 5) is 12.3. The minimum absolute atomic E-state index is 0.213. The number of halogens is 1. The molecule has 0 bridgehead atoms. The van der Waals surface area contributed by atoms with E-state index in [9.17, 15) is 9.18 Å². The van der Waals surface area contributed by atoms with Crippen molar-refractivity contribution in [3.63, 3.8) is 0 Å². The third-order valence-corrected chi connectivity index (χ3v) is 4.33. The Morgan fingerprint density at radius 1 is 0.963 bits per heavy atom. The van der Waals surface area contributed by atoms with E-state index in [2.05, 4.69) is 20.8 Å². The first-order valence-corrected chi connectivity index (χ1v) is 8.72. The van der Waals surface area contributed by atoms with E-state index in [1.807, 2.05) is 32.0 Å². The lowest BCUT2D eigenvalue weighted by atomic mass is 10.1. The van der Waals surface area contributed by atoms with Crippen LogP contribution in [0.5, 0.6) is 0 Å². The Bertz CT molecular complexity index is 941. The van der Waals surface area contributed by atoms with Gasteiger partial charge in [0, 0.05) is 12.1 Å². The molecule has 0 saturated heterocycles. The van der Waals surface area contributed by atoms with E-state index in [0.29, 0.717) is 35.7 Å². The summed E-state index contributed by atoms with van der Waals surface area (Å²) < 4.78 is 13.6. The first-order valence-electron chi connectivity index (χ1n) is 8.72. The van der Waals surface area contributed by atoms with Crippen molar-refractivity contribution in [1.82, 2.24) is 10.2 Å². The van der Waals surface area contributed by atoms with Crippen molar-refractivity contribution in [2.45, 2.75) is 20.3 Å². The van der Waals surface area contributed by atoms with Gasteiger partial charge in [-0.1, -0.05) is 24.3 Å². The van der Waals surface area contributed by atoms with Crippen molar-refractivity contribution < 1.29 is 9.18 Å². The highest BCUT2D eigenvalue weighted by Crippen LogP contribution is 2.13. The Morgan fingerprint density at radius 2 is 1.70 bits per heavy atom. The number of hydrogen-bond acceptors (Lipinski definition) is 4. The molecule has 6 heteroatoms. The fourth-order valence-electron chi connectivity index (χ4n) is 2.59. The molecular weight excluding hydrogens is 343 g/mol. The molecule has 1 amide bonds. The van der Waals surface area contributed by atoms with Gasteiger partial charge < -0.3 is 10.6 Å². The molecular formula is C21H21FN4O. The molecule has 0 atom stereocenters. The normalized spacial score (nSPS) is 10.5. The van der Waals surface area contributed by atoms with Gasteiger partial charge in [0.25, 0.3) is 5.91 Å². The van der Waals surface area contributed by atoms with Crippen LogP contribution in [0.25, 0.3) is 0 Å². The number of nitrogens with one attached hydrogen (secondary N) is 2. The highest BCUT2D eigenvalue weighted by atomic mass is 19.1. The van der Waals surface area contributed by atoms with Gasteiger partial charge in [-0.25, -0.2) is 4.39 Å². The van der Waals surface area contributed by atoms with Crippen LogP contribution in [0.3, 0.4) is 0 Å². The summed E-state index contributed by atoms with van der Waals surface area (Å²) in [5, 5.41) is 13.9. The molecule has 2 N–H and O–H groups in total. The number of aryl methyl sites for hydroxylation is 2. The summed E-state index contributed by atoms with van der Waals surface area (Å²) in [6, 6.07) is 15.6. The maximum Gasteiger partial charge on any atom is 0.256 e. The van der Waals surface area contributed by atoms with Crippen LogP contribution < -0.4 is 10.6 Å². The lowest BCUT2D eigenvalue weighted by molar-refractivity contribution is 0.102. The average Bonchev–Trinajstić information content (AvgIpc) is 2.67. The number of nitrogens with zero attached hydrogens (tertiary/aromatic N) is 2. The van der Waals surface area contributed by atoms with Crippen LogP contribution >= 0.6 is 0 Å². The molecule has 0 aliphatic heterocycles. The van der Waals surface area contributed by atoms with Gasteiger partial charge in [0.2, 0.25) is 0 Å². The zero-order valence-electron chi connectivity index (χ0n) is 15.3. The summed E-state index contributed by atoms with van der Waals surface area (Å²) in [7, 11) is 0. The topological polar surface area (TPSA) is 66.9 Å². The number of carbonyl (C=O) groups excluding carboxylic acids is 1. The maximum absolute atomic E-state index is 13.6. The van der Waals surface area contributed by atoms with Gasteiger partial charge in [-0.3, -0.25) is 4.79 Å². The van der Waals surface area contributed by atoms with Crippen LogP contribution in [0.4, 0.5) is 16.0 Å². The van der Waals surface area contributed by atoms with E-state index >= 15 is 0 Å². The second-order valence-electron chi connectivity index (χ2n) is 6.33. The van der Waals surface area contributed by atoms with Gasteiger partial charge in [-0.15, -0.1) is 10.2 Å². The van der Waals surface area contributed by atoms with Crippen molar-refractivity contribution in [2.24, 2.45) is 0 Å². The Kier molecular flexibility index (Phi) is 5.76. The molecule has 0 saturated carbocycles. The number of hydrogen-bond donors (Lipinski definition) is 2. The van der Waals surface area contributed by atoms with Gasteiger partial charge in [0.1, 0.15) is 11.6 Å². The predicted molar refractivity (Wildman–Crippen MR) is 104 cm³/mol. The first kappa shape index (κ1) is 18.5. The van der Waals surface area contributed by atoms with Crippen molar-refractivity contribution in [2.75, 3.05) is 17.2 Å². The monoisotopic (exact) mass is 364 g/mol. The Balaban J connectivity index is 1.54. The minimum atomic E-state index is -0.229. The third-order valence-electron chi connectivity index (χ3n) is 4.33. The lowest BCUT2D eigenvalue weighted by Crippen LogP contribution is -2.14. The van der Waals surface area contributed by atoms with Crippen molar-refractivity contribution in [3.05, 3.63) is 82.7 Å². The zero-order chi connectivity index (χ0) is 19.2. The molecule has 3 aromatic rings. The molecule has 5 nitrogen and oxygen atoms in total. The van der Waals surface area contributed by atoms with Crippen molar-refractivity contribution in [1.29, 1.82) is 0 Å². The molecule has 3 rings (SSSR count). The minimum Gasteiger partial charge on any atom is -0.368 e. The van der Waals surface area contributed by atoms with E-state index in [1.54, 1.807) is 30.3 Å². The zero-order valence-corrected chi connectivity index (χ0v) is 15.3. The van der Waals surface area contributed by atoms with E-state index in [1.165, 1.54) is 6.07 Å². The summed E-state index contributed by atoms with van der Waals surface area (Å²) in [5.41, 5.74) is 3.42. The SMILES string of the molecule is Cc1ccc(C(=O)Nc2ccc(NCCc3ccccc3F)nn2)cc1C. The third kappa shape index (κ3) is 4.88. The Hall–Kier alpha value is -3.28. The summed E-state index contributed by atoms with van der Waals surface area (Å²) in [6.45, 7) is 4.50. The van der Waals surface area contributed by atoms with Gasteiger partial charge in [-0.05, 0) is 67.3 Å². The van der Waals surface area contributed by atoms with Crippen LogP contribution in [0.1, 0.15) is 27.0 Å². The number of amides is 1.